The van der Waals surface area contributed by atoms with Crippen LogP contribution >= 0.6 is 27.7 Å². The minimum atomic E-state index is 0.708. The van der Waals surface area contributed by atoms with Crippen LogP contribution in [0.4, 0.5) is 5.69 Å². The number of nitrogens with two attached hydrogens (primary N) is 1. The molecule has 2 N–H and O–H groups in total. The Kier molecular flexibility index (Phi) is 3.68. The number of rotatable bonds is 2. The summed E-state index contributed by atoms with van der Waals surface area (Å²) in [6.45, 7) is 1.99. The van der Waals surface area contributed by atoms with Crippen molar-refractivity contribution in [1.82, 2.24) is 4.98 Å². The molecular formula is C16H13BrN2S. The van der Waals surface area contributed by atoms with E-state index in [2.05, 4.69) is 63.4 Å². The molecule has 0 aliphatic rings. The number of nitrogens with zero attached hydrogens (tertiary/aromatic N) is 1. The Balaban J connectivity index is 1.99. The van der Waals surface area contributed by atoms with E-state index >= 15 is 0 Å². The molecule has 1 heterocycles. The van der Waals surface area contributed by atoms with E-state index in [9.17, 15) is 0 Å². The molecule has 100 valence electrons. The zero-order valence-electron chi connectivity index (χ0n) is 10.9. The highest BCUT2D eigenvalue weighted by Crippen LogP contribution is 2.36. The Bertz CT molecular complexity index is 787. The molecule has 2 nitrogen and oxygen atoms in total. The Hall–Kier alpha value is -1.52. The molecular weight excluding hydrogens is 332 g/mol. The first-order valence-electron chi connectivity index (χ1n) is 6.22. The second kappa shape index (κ2) is 5.46. The van der Waals surface area contributed by atoms with Crippen molar-refractivity contribution in [3.8, 4) is 0 Å². The summed E-state index contributed by atoms with van der Waals surface area (Å²) in [5.74, 6) is 0. The van der Waals surface area contributed by atoms with E-state index < -0.39 is 0 Å². The van der Waals surface area contributed by atoms with Crippen molar-refractivity contribution in [3.63, 3.8) is 0 Å². The molecule has 0 saturated carbocycles. The summed E-state index contributed by atoms with van der Waals surface area (Å²) < 4.78 is 0.968. The number of anilines is 1. The molecule has 0 spiro atoms. The predicted molar refractivity (Wildman–Crippen MR) is 89.2 cm³/mol. The molecule has 0 atom stereocenters. The van der Waals surface area contributed by atoms with E-state index in [1.165, 1.54) is 15.7 Å². The molecule has 3 aromatic rings. The van der Waals surface area contributed by atoms with Gasteiger partial charge in [-0.25, -0.2) is 4.98 Å². The van der Waals surface area contributed by atoms with Gasteiger partial charge in [-0.05, 0) is 51.3 Å². The highest BCUT2D eigenvalue weighted by atomic mass is 79.9. The standard InChI is InChI=1S/C16H13BrN2S/c1-10-14(18)9-19-16(15(10)17)20-13-7-6-11-4-2-3-5-12(11)8-13/h2-9H,18H2,1H3. The first kappa shape index (κ1) is 13.5. The van der Waals surface area contributed by atoms with Crippen LogP contribution in [0.15, 0.2) is 63.1 Å². The number of nitrogen functional groups attached to an aromatic ring is 1. The van der Waals surface area contributed by atoms with Crippen LogP contribution in [-0.2, 0) is 0 Å². The van der Waals surface area contributed by atoms with Crippen molar-refractivity contribution in [2.75, 3.05) is 5.73 Å². The Morgan fingerprint density at radius 2 is 1.85 bits per heavy atom. The van der Waals surface area contributed by atoms with E-state index in [1.807, 2.05) is 6.92 Å². The molecule has 3 rings (SSSR count). The van der Waals surface area contributed by atoms with Gasteiger partial charge >= 0.3 is 0 Å². The summed E-state index contributed by atoms with van der Waals surface area (Å²) in [5, 5.41) is 3.42. The summed E-state index contributed by atoms with van der Waals surface area (Å²) >= 11 is 5.21. The van der Waals surface area contributed by atoms with Crippen LogP contribution in [0.25, 0.3) is 10.8 Å². The fraction of sp³-hybridized carbons (Fsp3) is 0.0625. The van der Waals surface area contributed by atoms with E-state index in [-0.39, 0.29) is 0 Å². The molecule has 0 aliphatic heterocycles. The first-order valence-corrected chi connectivity index (χ1v) is 7.83. The quantitative estimate of drug-likeness (QED) is 0.707. The number of hydrogen-bond donors (Lipinski definition) is 1. The summed E-state index contributed by atoms with van der Waals surface area (Å²) in [7, 11) is 0. The lowest BCUT2D eigenvalue weighted by atomic mass is 10.1. The van der Waals surface area contributed by atoms with Gasteiger partial charge < -0.3 is 5.73 Å². The molecule has 2 aromatic carbocycles. The molecule has 0 aliphatic carbocycles. The number of aromatic nitrogens is 1. The van der Waals surface area contributed by atoms with Crippen molar-refractivity contribution in [3.05, 3.63) is 58.7 Å². The molecule has 0 bridgehead atoms. The average molecular weight is 345 g/mol. The van der Waals surface area contributed by atoms with Gasteiger partial charge in [0.25, 0.3) is 0 Å². The summed E-state index contributed by atoms with van der Waals surface area (Å²) in [6.07, 6.45) is 1.71. The molecule has 0 unspecified atom stereocenters. The van der Waals surface area contributed by atoms with Crippen LogP contribution in [0.2, 0.25) is 0 Å². The first-order chi connectivity index (χ1) is 9.65. The molecule has 4 heteroatoms. The van der Waals surface area contributed by atoms with Gasteiger partial charge in [0.1, 0.15) is 5.03 Å². The van der Waals surface area contributed by atoms with E-state index in [0.717, 1.165) is 15.1 Å². The highest BCUT2D eigenvalue weighted by Gasteiger charge is 2.09. The number of halogens is 1. The van der Waals surface area contributed by atoms with Crippen LogP contribution < -0.4 is 5.73 Å². The predicted octanol–water partition coefficient (Wildman–Crippen LogP) is 5.04. The monoisotopic (exact) mass is 344 g/mol. The molecule has 0 amide bonds. The van der Waals surface area contributed by atoms with Gasteiger partial charge in [0.2, 0.25) is 0 Å². The highest BCUT2D eigenvalue weighted by molar-refractivity contribution is 9.10. The van der Waals surface area contributed by atoms with E-state index in [1.54, 1.807) is 18.0 Å². The van der Waals surface area contributed by atoms with Gasteiger partial charge in [-0.15, -0.1) is 0 Å². The number of fused-ring (bicyclic) bond motifs is 1. The maximum Gasteiger partial charge on any atom is 0.115 e. The van der Waals surface area contributed by atoms with Crippen molar-refractivity contribution < 1.29 is 0 Å². The molecule has 0 radical (unpaired) electrons. The summed E-state index contributed by atoms with van der Waals surface area (Å²) in [6, 6.07) is 14.8. The topological polar surface area (TPSA) is 38.9 Å². The lowest BCUT2D eigenvalue weighted by molar-refractivity contribution is 1.09. The van der Waals surface area contributed by atoms with Crippen molar-refractivity contribution >= 4 is 44.2 Å². The van der Waals surface area contributed by atoms with Crippen molar-refractivity contribution in [1.29, 1.82) is 0 Å². The maximum atomic E-state index is 5.86. The van der Waals surface area contributed by atoms with Gasteiger partial charge in [-0.3, -0.25) is 0 Å². The average Bonchev–Trinajstić information content (AvgIpc) is 2.48. The normalized spacial score (nSPS) is 10.9. The second-order valence-corrected chi connectivity index (χ2v) is 6.42. The Labute approximate surface area is 130 Å². The third-order valence-electron chi connectivity index (χ3n) is 3.21. The summed E-state index contributed by atoms with van der Waals surface area (Å²) in [5.41, 5.74) is 7.59. The third kappa shape index (κ3) is 2.53. The second-order valence-electron chi connectivity index (χ2n) is 4.57. The molecule has 0 fully saturated rings. The lowest BCUT2D eigenvalue weighted by Crippen LogP contribution is -1.94. The van der Waals surface area contributed by atoms with Gasteiger partial charge in [-0.1, -0.05) is 42.1 Å². The minimum absolute atomic E-state index is 0.708. The summed E-state index contributed by atoms with van der Waals surface area (Å²) in [4.78, 5) is 5.57. The lowest BCUT2D eigenvalue weighted by Gasteiger charge is -2.08. The number of benzene rings is 2. The zero-order chi connectivity index (χ0) is 14.1. The minimum Gasteiger partial charge on any atom is -0.397 e. The Morgan fingerprint density at radius 3 is 2.65 bits per heavy atom. The van der Waals surface area contributed by atoms with Crippen molar-refractivity contribution in [2.45, 2.75) is 16.8 Å². The van der Waals surface area contributed by atoms with Gasteiger partial charge in [0.05, 0.1) is 16.4 Å². The fourth-order valence-electron chi connectivity index (χ4n) is 1.98. The van der Waals surface area contributed by atoms with Gasteiger partial charge in [-0.2, -0.15) is 0 Å². The third-order valence-corrected chi connectivity index (χ3v) is 5.43. The van der Waals surface area contributed by atoms with Crippen LogP contribution in [0.5, 0.6) is 0 Å². The molecule has 1 aromatic heterocycles. The molecule has 20 heavy (non-hydrogen) atoms. The SMILES string of the molecule is Cc1c(N)cnc(Sc2ccc3ccccc3c2)c1Br. The largest absolute Gasteiger partial charge is 0.397 e. The van der Waals surface area contributed by atoms with Crippen molar-refractivity contribution in [2.24, 2.45) is 0 Å². The molecule has 0 saturated heterocycles. The van der Waals surface area contributed by atoms with E-state index in [4.69, 9.17) is 5.73 Å². The number of pyridine rings is 1. The van der Waals surface area contributed by atoms with E-state index in [0.29, 0.717) is 5.69 Å². The smallest absolute Gasteiger partial charge is 0.115 e. The van der Waals surface area contributed by atoms with Gasteiger partial charge in [0.15, 0.2) is 0 Å². The van der Waals surface area contributed by atoms with Crippen LogP contribution in [0.1, 0.15) is 5.56 Å². The Morgan fingerprint density at radius 1 is 1.10 bits per heavy atom. The van der Waals surface area contributed by atoms with Crippen LogP contribution in [0, 0.1) is 6.92 Å². The van der Waals surface area contributed by atoms with Crippen LogP contribution in [-0.4, -0.2) is 4.98 Å². The maximum absolute atomic E-state index is 5.86. The fourth-order valence-corrected chi connectivity index (χ4v) is 3.45. The van der Waals surface area contributed by atoms with Crippen LogP contribution in [0.3, 0.4) is 0 Å². The number of hydrogen-bond acceptors (Lipinski definition) is 3. The van der Waals surface area contributed by atoms with Gasteiger partial charge in [0, 0.05) is 4.90 Å². The zero-order valence-corrected chi connectivity index (χ0v) is 13.3.